The molecule has 62 valence electrons. The van der Waals surface area contributed by atoms with Crippen LogP contribution >= 0.6 is 0 Å². The lowest BCUT2D eigenvalue weighted by atomic mass is 10.1. The average molecular weight is 156 g/mol. The van der Waals surface area contributed by atoms with Gasteiger partial charge in [0.05, 0.1) is 0 Å². The second-order valence-corrected chi connectivity index (χ2v) is 3.53. The van der Waals surface area contributed by atoms with Gasteiger partial charge in [-0.1, -0.05) is 0 Å². The first-order valence-electron chi connectivity index (χ1n) is 3.93. The summed E-state index contributed by atoms with van der Waals surface area (Å²) in [6, 6.07) is 0.0762. The first-order chi connectivity index (χ1) is 5.18. The van der Waals surface area contributed by atoms with Crippen molar-refractivity contribution in [3.8, 4) is 0 Å². The van der Waals surface area contributed by atoms with Crippen molar-refractivity contribution in [2.45, 2.75) is 24.9 Å². The van der Waals surface area contributed by atoms with Gasteiger partial charge >= 0.3 is 6.09 Å². The third kappa shape index (κ3) is 1.07. The Bertz CT molecular complexity index is 195. The number of hydrogen-bond donors (Lipinski definition) is 3. The Balaban J connectivity index is 1.91. The van der Waals surface area contributed by atoms with E-state index in [2.05, 4.69) is 5.32 Å². The fraction of sp³-hybridized carbons (Fsp3) is 0.857. The van der Waals surface area contributed by atoms with E-state index in [4.69, 9.17) is 10.8 Å². The molecule has 0 aromatic rings. The second kappa shape index (κ2) is 2.11. The largest absolute Gasteiger partial charge is 0.465 e. The molecule has 4 N–H and O–H groups in total. The van der Waals surface area contributed by atoms with Crippen molar-refractivity contribution in [1.29, 1.82) is 0 Å². The van der Waals surface area contributed by atoms with Crippen molar-refractivity contribution in [1.82, 2.24) is 5.32 Å². The summed E-state index contributed by atoms with van der Waals surface area (Å²) in [5, 5.41) is 10.9. The monoisotopic (exact) mass is 156 g/mol. The summed E-state index contributed by atoms with van der Waals surface area (Å²) in [4.78, 5) is 10.3. The summed E-state index contributed by atoms with van der Waals surface area (Å²) in [6.45, 7) is 0. The van der Waals surface area contributed by atoms with Crippen LogP contribution in [0.15, 0.2) is 0 Å². The van der Waals surface area contributed by atoms with E-state index in [0.29, 0.717) is 11.8 Å². The smallest absolute Gasteiger partial charge is 0.404 e. The van der Waals surface area contributed by atoms with Crippen molar-refractivity contribution in [3.05, 3.63) is 0 Å². The Morgan fingerprint density at radius 1 is 1.55 bits per heavy atom. The molecule has 2 aliphatic carbocycles. The summed E-state index contributed by atoms with van der Waals surface area (Å²) in [6.07, 6.45) is 1.20. The Morgan fingerprint density at radius 3 is 2.73 bits per heavy atom. The van der Waals surface area contributed by atoms with Crippen LogP contribution in [-0.2, 0) is 0 Å². The summed E-state index contributed by atoms with van der Waals surface area (Å²) < 4.78 is 0. The molecule has 0 radical (unpaired) electrons. The van der Waals surface area contributed by atoms with E-state index >= 15 is 0 Å². The van der Waals surface area contributed by atoms with Gasteiger partial charge in [-0.3, -0.25) is 0 Å². The molecule has 2 saturated carbocycles. The number of carboxylic acid groups (broad SMARTS) is 1. The van der Waals surface area contributed by atoms with Gasteiger partial charge in [-0.05, 0) is 24.7 Å². The van der Waals surface area contributed by atoms with Crippen molar-refractivity contribution in [2.75, 3.05) is 0 Å². The molecule has 4 nitrogen and oxygen atoms in total. The maximum absolute atomic E-state index is 10.3. The first-order valence-corrected chi connectivity index (χ1v) is 3.93. The fourth-order valence-corrected chi connectivity index (χ4v) is 2.11. The Labute approximate surface area is 64.8 Å². The van der Waals surface area contributed by atoms with E-state index in [9.17, 15) is 4.79 Å². The SMILES string of the molecule is NC1C2C[C@H]2C[C@@H]1NC(=O)O. The van der Waals surface area contributed by atoms with Crippen LogP contribution in [0.5, 0.6) is 0 Å². The standard InChI is InChI=1S/C7H12N2O2/c8-6-4-1-3(4)2-5(6)9-7(10)11/h3-6,9H,1-2,8H2,(H,10,11)/t3-,4?,5-,6?/m0/s1. The molecule has 2 fully saturated rings. The van der Waals surface area contributed by atoms with E-state index in [-0.39, 0.29) is 12.1 Å². The Morgan fingerprint density at radius 2 is 2.27 bits per heavy atom. The molecule has 0 heterocycles. The van der Waals surface area contributed by atoms with Gasteiger partial charge in [0.2, 0.25) is 0 Å². The van der Waals surface area contributed by atoms with Gasteiger partial charge < -0.3 is 16.2 Å². The number of nitrogens with two attached hydrogens (primary N) is 1. The zero-order valence-electron chi connectivity index (χ0n) is 6.16. The van der Waals surface area contributed by atoms with Crippen LogP contribution in [0.25, 0.3) is 0 Å². The normalized spacial score (nSPS) is 46.6. The number of fused-ring (bicyclic) bond motifs is 1. The molecule has 1 amide bonds. The van der Waals surface area contributed by atoms with Crippen LogP contribution in [-0.4, -0.2) is 23.3 Å². The van der Waals surface area contributed by atoms with Crippen LogP contribution in [0.1, 0.15) is 12.8 Å². The van der Waals surface area contributed by atoms with Crippen molar-refractivity contribution in [2.24, 2.45) is 17.6 Å². The highest BCUT2D eigenvalue weighted by molar-refractivity contribution is 5.65. The van der Waals surface area contributed by atoms with Gasteiger partial charge in [0, 0.05) is 12.1 Å². The molecule has 2 unspecified atom stereocenters. The molecule has 0 bridgehead atoms. The second-order valence-electron chi connectivity index (χ2n) is 3.53. The molecule has 0 aliphatic heterocycles. The molecular formula is C7H12N2O2. The molecule has 2 rings (SSSR count). The first kappa shape index (κ1) is 6.91. The summed E-state index contributed by atoms with van der Waals surface area (Å²) >= 11 is 0. The van der Waals surface area contributed by atoms with Crippen LogP contribution in [0.4, 0.5) is 4.79 Å². The molecular weight excluding hydrogens is 144 g/mol. The minimum Gasteiger partial charge on any atom is -0.465 e. The molecule has 4 heteroatoms. The molecule has 2 aliphatic rings. The van der Waals surface area contributed by atoms with E-state index in [0.717, 1.165) is 6.42 Å². The predicted molar refractivity (Wildman–Crippen MR) is 39.1 cm³/mol. The van der Waals surface area contributed by atoms with E-state index in [1.807, 2.05) is 0 Å². The lowest BCUT2D eigenvalue weighted by Gasteiger charge is -2.17. The lowest BCUT2D eigenvalue weighted by molar-refractivity contribution is 0.187. The molecule has 0 saturated heterocycles. The molecule has 4 atom stereocenters. The highest BCUT2D eigenvalue weighted by Crippen LogP contribution is 2.50. The Hall–Kier alpha value is -0.770. The highest BCUT2D eigenvalue weighted by Gasteiger charge is 2.52. The van der Waals surface area contributed by atoms with Crippen molar-refractivity contribution < 1.29 is 9.90 Å². The zero-order valence-corrected chi connectivity index (χ0v) is 6.16. The number of hydrogen-bond acceptors (Lipinski definition) is 2. The molecule has 0 aromatic carbocycles. The quantitative estimate of drug-likeness (QED) is 0.499. The molecule has 11 heavy (non-hydrogen) atoms. The lowest BCUT2D eigenvalue weighted by Crippen LogP contribution is -2.45. The highest BCUT2D eigenvalue weighted by atomic mass is 16.4. The number of rotatable bonds is 1. The van der Waals surface area contributed by atoms with Gasteiger partial charge in [0.25, 0.3) is 0 Å². The summed E-state index contributed by atoms with van der Waals surface area (Å²) in [7, 11) is 0. The van der Waals surface area contributed by atoms with E-state index in [1.165, 1.54) is 6.42 Å². The van der Waals surface area contributed by atoms with Gasteiger partial charge in [0.15, 0.2) is 0 Å². The number of carbonyl (C=O) groups is 1. The van der Waals surface area contributed by atoms with Crippen LogP contribution < -0.4 is 11.1 Å². The van der Waals surface area contributed by atoms with Crippen LogP contribution in [0, 0.1) is 11.8 Å². The Kier molecular flexibility index (Phi) is 1.32. The van der Waals surface area contributed by atoms with Gasteiger partial charge in [-0.15, -0.1) is 0 Å². The van der Waals surface area contributed by atoms with E-state index < -0.39 is 6.09 Å². The van der Waals surface area contributed by atoms with E-state index in [1.54, 1.807) is 0 Å². The summed E-state index contributed by atoms with van der Waals surface area (Å²) in [5.74, 6) is 1.31. The van der Waals surface area contributed by atoms with Gasteiger partial charge in [0.1, 0.15) is 0 Å². The van der Waals surface area contributed by atoms with Crippen LogP contribution in [0.2, 0.25) is 0 Å². The fourth-order valence-electron chi connectivity index (χ4n) is 2.11. The minimum absolute atomic E-state index is 0.0104. The maximum atomic E-state index is 10.3. The average Bonchev–Trinajstić information content (AvgIpc) is 2.58. The van der Waals surface area contributed by atoms with Gasteiger partial charge in [-0.2, -0.15) is 0 Å². The predicted octanol–water partition coefficient (Wildman–Crippen LogP) is -0.0103. The van der Waals surface area contributed by atoms with Gasteiger partial charge in [-0.25, -0.2) is 4.79 Å². The number of amides is 1. The molecule has 0 spiro atoms. The van der Waals surface area contributed by atoms with Crippen LogP contribution in [0.3, 0.4) is 0 Å². The van der Waals surface area contributed by atoms with Crippen molar-refractivity contribution in [3.63, 3.8) is 0 Å². The number of nitrogens with one attached hydrogen (secondary N) is 1. The summed E-state index contributed by atoms with van der Waals surface area (Å²) in [5.41, 5.74) is 5.79. The topological polar surface area (TPSA) is 75.3 Å². The van der Waals surface area contributed by atoms with Crippen molar-refractivity contribution >= 4 is 6.09 Å². The molecule has 0 aromatic heterocycles. The third-order valence-electron chi connectivity index (χ3n) is 2.80. The minimum atomic E-state index is -0.952. The maximum Gasteiger partial charge on any atom is 0.404 e. The zero-order chi connectivity index (χ0) is 8.01. The third-order valence-corrected chi connectivity index (χ3v) is 2.80.